The van der Waals surface area contributed by atoms with E-state index in [0.29, 0.717) is 4.90 Å². The zero-order valence-corrected chi connectivity index (χ0v) is 13.3. The SMILES string of the molecule is O=C(O)C1CCC(=O)N1C(=O)COc1cc(Cl)c(Cl)cc1Cl. The number of halogens is 3. The lowest BCUT2D eigenvalue weighted by molar-refractivity contribution is -0.154. The highest BCUT2D eigenvalue weighted by Crippen LogP contribution is 2.34. The van der Waals surface area contributed by atoms with Crippen molar-refractivity contribution in [2.24, 2.45) is 0 Å². The predicted molar refractivity (Wildman–Crippen MR) is 79.5 cm³/mol. The molecule has 1 aromatic carbocycles. The summed E-state index contributed by atoms with van der Waals surface area (Å²) in [6, 6.07) is 1.53. The maximum absolute atomic E-state index is 12.0. The fraction of sp³-hybridized carbons (Fsp3) is 0.308. The number of amides is 2. The first-order chi connectivity index (χ1) is 10.3. The van der Waals surface area contributed by atoms with Gasteiger partial charge >= 0.3 is 5.97 Å². The molecule has 0 spiro atoms. The number of carboxylic acids is 1. The molecule has 9 heteroatoms. The lowest BCUT2D eigenvalue weighted by Gasteiger charge is -2.19. The molecule has 2 rings (SSSR count). The topological polar surface area (TPSA) is 83.9 Å². The van der Waals surface area contributed by atoms with Gasteiger partial charge in [0.1, 0.15) is 11.8 Å². The van der Waals surface area contributed by atoms with Gasteiger partial charge in [0.15, 0.2) is 6.61 Å². The van der Waals surface area contributed by atoms with Crippen LogP contribution in [0.4, 0.5) is 0 Å². The third kappa shape index (κ3) is 3.45. The first kappa shape index (κ1) is 16.9. The molecule has 22 heavy (non-hydrogen) atoms. The Morgan fingerprint density at radius 1 is 1.23 bits per heavy atom. The van der Waals surface area contributed by atoms with E-state index in [-0.39, 0.29) is 33.7 Å². The van der Waals surface area contributed by atoms with E-state index in [2.05, 4.69) is 0 Å². The minimum absolute atomic E-state index is 0.0102. The van der Waals surface area contributed by atoms with Gasteiger partial charge in [-0.15, -0.1) is 0 Å². The monoisotopic (exact) mass is 365 g/mol. The molecule has 0 radical (unpaired) electrons. The maximum Gasteiger partial charge on any atom is 0.326 e. The lowest BCUT2D eigenvalue weighted by Crippen LogP contribution is -2.45. The van der Waals surface area contributed by atoms with Crippen molar-refractivity contribution in [1.82, 2.24) is 4.90 Å². The number of rotatable bonds is 4. The molecule has 1 atom stereocenters. The van der Waals surface area contributed by atoms with Crippen LogP contribution >= 0.6 is 34.8 Å². The fourth-order valence-electron chi connectivity index (χ4n) is 2.05. The third-order valence-electron chi connectivity index (χ3n) is 3.09. The fourth-order valence-corrected chi connectivity index (χ4v) is 2.65. The van der Waals surface area contributed by atoms with E-state index < -0.39 is 30.4 Å². The largest absolute Gasteiger partial charge is 0.482 e. The predicted octanol–water partition coefficient (Wildman–Crippen LogP) is 2.63. The molecule has 0 aliphatic carbocycles. The summed E-state index contributed by atoms with van der Waals surface area (Å²) >= 11 is 17.5. The summed E-state index contributed by atoms with van der Waals surface area (Å²) in [5.41, 5.74) is 0. The molecule has 1 saturated heterocycles. The molecular weight excluding hydrogens is 357 g/mol. The number of carbonyl (C=O) groups is 3. The molecule has 1 aliphatic heterocycles. The Balaban J connectivity index is 2.08. The first-order valence-corrected chi connectivity index (χ1v) is 7.29. The highest BCUT2D eigenvalue weighted by Gasteiger charge is 2.40. The van der Waals surface area contributed by atoms with Crippen LogP contribution < -0.4 is 4.74 Å². The highest BCUT2D eigenvalue weighted by atomic mass is 35.5. The van der Waals surface area contributed by atoms with Crippen molar-refractivity contribution in [3.8, 4) is 5.75 Å². The quantitative estimate of drug-likeness (QED) is 0.828. The Kier molecular flexibility index (Phi) is 5.16. The Morgan fingerprint density at radius 3 is 2.50 bits per heavy atom. The molecule has 6 nitrogen and oxygen atoms in total. The second-order valence-electron chi connectivity index (χ2n) is 4.54. The summed E-state index contributed by atoms with van der Waals surface area (Å²) in [6.07, 6.45) is 0.101. The van der Waals surface area contributed by atoms with Gasteiger partial charge in [0.25, 0.3) is 5.91 Å². The second kappa shape index (κ2) is 6.73. The van der Waals surface area contributed by atoms with Crippen LogP contribution in [0.1, 0.15) is 12.8 Å². The van der Waals surface area contributed by atoms with Gasteiger partial charge in [-0.25, -0.2) is 4.79 Å². The zero-order valence-electron chi connectivity index (χ0n) is 11.0. The molecule has 1 fully saturated rings. The van der Waals surface area contributed by atoms with Crippen LogP contribution in [0, 0.1) is 0 Å². The third-order valence-corrected chi connectivity index (χ3v) is 4.11. The van der Waals surface area contributed by atoms with Crippen LogP contribution in [0.15, 0.2) is 12.1 Å². The van der Waals surface area contributed by atoms with Crippen LogP contribution in [0.5, 0.6) is 5.75 Å². The van der Waals surface area contributed by atoms with Crippen LogP contribution in [-0.4, -0.2) is 40.4 Å². The molecule has 0 aromatic heterocycles. The first-order valence-electron chi connectivity index (χ1n) is 6.16. The van der Waals surface area contributed by atoms with E-state index in [0.717, 1.165) is 0 Å². The van der Waals surface area contributed by atoms with Crippen molar-refractivity contribution in [3.05, 3.63) is 27.2 Å². The second-order valence-corrected chi connectivity index (χ2v) is 5.76. The van der Waals surface area contributed by atoms with Gasteiger partial charge in [0, 0.05) is 12.5 Å². The number of hydrogen-bond acceptors (Lipinski definition) is 4. The smallest absolute Gasteiger partial charge is 0.326 e. The molecule has 118 valence electrons. The van der Waals surface area contributed by atoms with E-state index in [1.54, 1.807) is 0 Å². The minimum atomic E-state index is -1.23. The normalized spacial score (nSPS) is 17.7. The van der Waals surface area contributed by atoms with E-state index in [1.165, 1.54) is 12.1 Å². The van der Waals surface area contributed by atoms with Gasteiger partial charge in [0.05, 0.1) is 15.1 Å². The summed E-state index contributed by atoms with van der Waals surface area (Å²) in [5.74, 6) is -2.41. The van der Waals surface area contributed by atoms with Crippen molar-refractivity contribution in [1.29, 1.82) is 0 Å². The van der Waals surface area contributed by atoms with E-state index in [4.69, 9.17) is 44.6 Å². The van der Waals surface area contributed by atoms with Crippen molar-refractivity contribution in [2.75, 3.05) is 6.61 Å². The van der Waals surface area contributed by atoms with Crippen molar-refractivity contribution in [2.45, 2.75) is 18.9 Å². The van der Waals surface area contributed by atoms with Gasteiger partial charge in [-0.05, 0) is 12.5 Å². The summed E-state index contributed by atoms with van der Waals surface area (Å²) < 4.78 is 5.21. The molecular formula is C13H10Cl3NO5. The Bertz CT molecular complexity index is 649. The maximum atomic E-state index is 12.0. The van der Waals surface area contributed by atoms with Gasteiger partial charge < -0.3 is 9.84 Å². The molecule has 1 unspecified atom stereocenters. The summed E-state index contributed by atoms with van der Waals surface area (Å²) in [6.45, 7) is -0.535. The van der Waals surface area contributed by atoms with Crippen molar-refractivity contribution in [3.63, 3.8) is 0 Å². The van der Waals surface area contributed by atoms with Crippen molar-refractivity contribution < 1.29 is 24.2 Å². The lowest BCUT2D eigenvalue weighted by atomic mass is 10.2. The molecule has 2 amide bonds. The van der Waals surface area contributed by atoms with Gasteiger partial charge in [0.2, 0.25) is 5.91 Å². The molecule has 0 bridgehead atoms. The van der Waals surface area contributed by atoms with Crippen LogP contribution in [-0.2, 0) is 14.4 Å². The molecule has 0 saturated carbocycles. The van der Waals surface area contributed by atoms with E-state index >= 15 is 0 Å². The minimum Gasteiger partial charge on any atom is -0.482 e. The number of benzene rings is 1. The van der Waals surface area contributed by atoms with Crippen LogP contribution in [0.2, 0.25) is 15.1 Å². The number of likely N-dealkylation sites (tertiary alicyclic amines) is 1. The highest BCUT2D eigenvalue weighted by molar-refractivity contribution is 6.43. The number of carboxylic acid groups (broad SMARTS) is 1. The van der Waals surface area contributed by atoms with Gasteiger partial charge in [-0.3, -0.25) is 14.5 Å². The average molecular weight is 367 g/mol. The number of imide groups is 1. The van der Waals surface area contributed by atoms with E-state index in [1.807, 2.05) is 0 Å². The summed E-state index contributed by atoms with van der Waals surface area (Å²) in [4.78, 5) is 35.4. The van der Waals surface area contributed by atoms with Crippen molar-refractivity contribution >= 4 is 52.6 Å². The standard InChI is InChI=1S/C13H10Cl3NO5/c14-6-3-8(16)10(4-7(6)15)22-5-12(19)17-9(13(20)21)1-2-11(17)18/h3-4,9H,1-2,5H2,(H,20,21). The number of hydrogen-bond donors (Lipinski definition) is 1. The van der Waals surface area contributed by atoms with Crippen LogP contribution in [0.25, 0.3) is 0 Å². The summed E-state index contributed by atoms with van der Waals surface area (Å²) in [7, 11) is 0. The molecule has 1 heterocycles. The Labute approximate surface area is 140 Å². The van der Waals surface area contributed by atoms with Gasteiger partial charge in [-0.2, -0.15) is 0 Å². The average Bonchev–Trinajstić information content (AvgIpc) is 2.83. The zero-order chi connectivity index (χ0) is 16.4. The number of carbonyl (C=O) groups excluding carboxylic acids is 2. The van der Waals surface area contributed by atoms with E-state index in [9.17, 15) is 14.4 Å². The summed E-state index contributed by atoms with van der Waals surface area (Å²) in [5, 5.41) is 9.57. The number of ether oxygens (including phenoxy) is 1. The molecule has 1 aromatic rings. The molecule has 1 aliphatic rings. The Hall–Kier alpha value is -1.50. The van der Waals surface area contributed by atoms with Crippen LogP contribution in [0.3, 0.4) is 0 Å². The molecule has 1 N–H and O–H groups in total. The number of nitrogens with zero attached hydrogens (tertiary/aromatic N) is 1. The number of aliphatic carboxylic acids is 1. The van der Waals surface area contributed by atoms with Gasteiger partial charge in [-0.1, -0.05) is 34.8 Å². The Morgan fingerprint density at radius 2 is 1.86 bits per heavy atom.